The molecule has 1 aromatic rings. The topological polar surface area (TPSA) is 41.8 Å². The van der Waals surface area contributed by atoms with E-state index in [1.54, 1.807) is 19.1 Å². The summed E-state index contributed by atoms with van der Waals surface area (Å²) < 4.78 is 0. The van der Waals surface area contributed by atoms with Crippen LogP contribution in [0.2, 0.25) is 5.02 Å². The average molecular weight is 224 g/mol. The Morgan fingerprint density at radius 1 is 1.60 bits per heavy atom. The molecule has 3 nitrogen and oxygen atoms in total. The molecular weight excluding hydrogens is 214 g/mol. The standard InChI is InChI=1S/C11H10ClNO2/c1-2-3-6-15-13-8-9-7-10(12)4-5-11(9)14/h4-5,7-8,14H,6H2,1H3/b13-8+. The van der Waals surface area contributed by atoms with E-state index in [1.807, 2.05) is 0 Å². The molecule has 0 atom stereocenters. The minimum Gasteiger partial charge on any atom is -0.507 e. The third-order valence-corrected chi connectivity index (χ3v) is 1.80. The molecular formula is C11H10ClNO2. The molecule has 0 saturated carbocycles. The van der Waals surface area contributed by atoms with Gasteiger partial charge < -0.3 is 9.94 Å². The van der Waals surface area contributed by atoms with Crippen molar-refractivity contribution in [2.24, 2.45) is 5.16 Å². The van der Waals surface area contributed by atoms with E-state index < -0.39 is 0 Å². The molecule has 0 unspecified atom stereocenters. The number of phenols is 1. The molecule has 0 fully saturated rings. The number of hydrogen-bond acceptors (Lipinski definition) is 3. The van der Waals surface area contributed by atoms with Crippen LogP contribution in [0.25, 0.3) is 0 Å². The van der Waals surface area contributed by atoms with Crippen LogP contribution in [0.4, 0.5) is 0 Å². The van der Waals surface area contributed by atoms with Crippen LogP contribution >= 0.6 is 11.6 Å². The minimum atomic E-state index is 0.105. The summed E-state index contributed by atoms with van der Waals surface area (Å²) in [7, 11) is 0. The second-order valence-electron chi connectivity index (χ2n) is 2.64. The largest absolute Gasteiger partial charge is 0.507 e. The van der Waals surface area contributed by atoms with Gasteiger partial charge in [0.25, 0.3) is 0 Å². The second kappa shape index (κ2) is 5.94. The molecule has 1 N–H and O–H groups in total. The zero-order chi connectivity index (χ0) is 11.1. The zero-order valence-corrected chi connectivity index (χ0v) is 8.95. The molecule has 0 bridgehead atoms. The van der Waals surface area contributed by atoms with Crippen molar-refractivity contribution < 1.29 is 9.94 Å². The first-order chi connectivity index (χ1) is 7.24. The van der Waals surface area contributed by atoms with Crippen LogP contribution in [-0.2, 0) is 4.84 Å². The highest BCUT2D eigenvalue weighted by atomic mass is 35.5. The number of nitrogens with zero attached hydrogens (tertiary/aromatic N) is 1. The van der Waals surface area contributed by atoms with Gasteiger partial charge in [0.1, 0.15) is 5.75 Å². The quantitative estimate of drug-likeness (QED) is 0.370. The number of hydrogen-bond donors (Lipinski definition) is 1. The van der Waals surface area contributed by atoms with Crippen molar-refractivity contribution in [1.82, 2.24) is 0 Å². The maximum Gasteiger partial charge on any atom is 0.177 e. The molecule has 15 heavy (non-hydrogen) atoms. The molecule has 0 aliphatic heterocycles. The first kappa shape index (κ1) is 11.4. The summed E-state index contributed by atoms with van der Waals surface area (Å²) in [6, 6.07) is 4.68. The third kappa shape index (κ3) is 3.92. The normalized spacial score (nSPS) is 9.73. The summed E-state index contributed by atoms with van der Waals surface area (Å²) in [6.45, 7) is 1.95. The van der Waals surface area contributed by atoms with E-state index in [2.05, 4.69) is 17.0 Å². The summed E-state index contributed by atoms with van der Waals surface area (Å²) in [5.74, 6) is 5.46. The summed E-state index contributed by atoms with van der Waals surface area (Å²) in [5.41, 5.74) is 0.506. The molecule has 0 aliphatic carbocycles. The Bertz CT molecular complexity index is 418. The van der Waals surface area contributed by atoms with Crippen molar-refractivity contribution in [3.63, 3.8) is 0 Å². The van der Waals surface area contributed by atoms with Crippen molar-refractivity contribution in [2.45, 2.75) is 6.92 Å². The van der Waals surface area contributed by atoms with Gasteiger partial charge in [-0.2, -0.15) is 0 Å². The van der Waals surface area contributed by atoms with E-state index in [4.69, 9.17) is 16.4 Å². The van der Waals surface area contributed by atoms with E-state index in [9.17, 15) is 5.11 Å². The van der Waals surface area contributed by atoms with Gasteiger partial charge in [-0.3, -0.25) is 0 Å². The number of phenolic OH excluding ortho intramolecular Hbond substituents is 1. The molecule has 78 valence electrons. The van der Waals surface area contributed by atoms with Gasteiger partial charge in [0.15, 0.2) is 6.61 Å². The van der Waals surface area contributed by atoms with Crippen LogP contribution in [0.5, 0.6) is 5.75 Å². The molecule has 0 aliphatic rings. The third-order valence-electron chi connectivity index (χ3n) is 1.57. The summed E-state index contributed by atoms with van der Waals surface area (Å²) >= 11 is 5.74. The fourth-order valence-corrected chi connectivity index (χ4v) is 1.05. The zero-order valence-electron chi connectivity index (χ0n) is 8.20. The Morgan fingerprint density at radius 2 is 2.40 bits per heavy atom. The molecule has 4 heteroatoms. The maximum atomic E-state index is 9.40. The lowest BCUT2D eigenvalue weighted by Crippen LogP contribution is -1.86. The van der Waals surface area contributed by atoms with Crippen LogP contribution in [0.3, 0.4) is 0 Å². The lowest BCUT2D eigenvalue weighted by molar-refractivity contribution is 0.181. The lowest BCUT2D eigenvalue weighted by Gasteiger charge is -1.98. The van der Waals surface area contributed by atoms with Crippen molar-refractivity contribution in [3.05, 3.63) is 28.8 Å². The molecule has 1 rings (SSSR count). The molecule has 0 spiro atoms. The summed E-state index contributed by atoms with van der Waals surface area (Å²) in [5, 5.41) is 13.6. The highest BCUT2D eigenvalue weighted by Gasteiger charge is 1.98. The molecule has 0 saturated heterocycles. The first-order valence-corrected chi connectivity index (χ1v) is 4.65. The highest BCUT2D eigenvalue weighted by molar-refractivity contribution is 6.30. The van der Waals surface area contributed by atoms with Gasteiger partial charge in [0, 0.05) is 10.6 Å². The fourth-order valence-electron chi connectivity index (χ4n) is 0.865. The van der Waals surface area contributed by atoms with Crippen LogP contribution in [0, 0.1) is 11.8 Å². The Morgan fingerprint density at radius 3 is 3.13 bits per heavy atom. The van der Waals surface area contributed by atoms with E-state index in [0.29, 0.717) is 10.6 Å². The smallest absolute Gasteiger partial charge is 0.177 e. The van der Waals surface area contributed by atoms with Gasteiger partial charge in [0.2, 0.25) is 0 Å². The van der Waals surface area contributed by atoms with Gasteiger partial charge >= 0.3 is 0 Å². The predicted octanol–water partition coefficient (Wildman–Crippen LogP) is 2.42. The summed E-state index contributed by atoms with van der Waals surface area (Å²) in [6.07, 6.45) is 1.39. The number of halogens is 1. The number of benzene rings is 1. The SMILES string of the molecule is CC#CCO/N=C/c1cc(Cl)ccc1O. The lowest BCUT2D eigenvalue weighted by atomic mass is 10.2. The molecule has 1 aromatic carbocycles. The van der Waals surface area contributed by atoms with E-state index in [-0.39, 0.29) is 12.4 Å². The molecule has 0 aromatic heterocycles. The van der Waals surface area contributed by atoms with Gasteiger partial charge in [-0.1, -0.05) is 22.7 Å². The van der Waals surface area contributed by atoms with Crippen LogP contribution < -0.4 is 0 Å². The van der Waals surface area contributed by atoms with Gasteiger partial charge in [0.05, 0.1) is 6.21 Å². The van der Waals surface area contributed by atoms with Crippen LogP contribution in [0.1, 0.15) is 12.5 Å². The molecule has 0 radical (unpaired) electrons. The second-order valence-corrected chi connectivity index (χ2v) is 3.07. The Labute approximate surface area is 93.3 Å². The van der Waals surface area contributed by atoms with Crippen molar-refractivity contribution >= 4 is 17.8 Å². The van der Waals surface area contributed by atoms with Crippen molar-refractivity contribution in [3.8, 4) is 17.6 Å². The molecule has 0 heterocycles. The van der Waals surface area contributed by atoms with Crippen LogP contribution in [0.15, 0.2) is 23.4 Å². The van der Waals surface area contributed by atoms with E-state index in [1.165, 1.54) is 12.3 Å². The van der Waals surface area contributed by atoms with Crippen LogP contribution in [-0.4, -0.2) is 17.9 Å². The highest BCUT2D eigenvalue weighted by Crippen LogP contribution is 2.19. The van der Waals surface area contributed by atoms with Crippen molar-refractivity contribution in [2.75, 3.05) is 6.61 Å². The van der Waals surface area contributed by atoms with Gasteiger partial charge in [-0.05, 0) is 25.1 Å². The number of aromatic hydroxyl groups is 1. The molecule has 0 amide bonds. The predicted molar refractivity (Wildman–Crippen MR) is 60.1 cm³/mol. The Hall–Kier alpha value is -1.66. The minimum absolute atomic E-state index is 0.105. The number of oxime groups is 1. The monoisotopic (exact) mass is 223 g/mol. The van der Waals surface area contributed by atoms with E-state index in [0.717, 1.165) is 0 Å². The van der Waals surface area contributed by atoms with Gasteiger partial charge in [-0.15, -0.1) is 5.92 Å². The van der Waals surface area contributed by atoms with Crippen molar-refractivity contribution in [1.29, 1.82) is 0 Å². The Kier molecular flexibility index (Phi) is 4.52. The summed E-state index contributed by atoms with van der Waals surface area (Å²) in [4.78, 5) is 4.81. The average Bonchev–Trinajstić information content (AvgIpc) is 2.23. The van der Waals surface area contributed by atoms with Gasteiger partial charge in [-0.25, -0.2) is 0 Å². The van der Waals surface area contributed by atoms with E-state index >= 15 is 0 Å². The first-order valence-electron chi connectivity index (χ1n) is 4.27. The maximum absolute atomic E-state index is 9.40. The Balaban J connectivity index is 2.62. The number of rotatable bonds is 3. The fraction of sp³-hybridized carbons (Fsp3) is 0.182.